The molecule has 1 amide bonds. The molecule has 9 heteroatoms. The van der Waals surface area contributed by atoms with Gasteiger partial charge in [0.2, 0.25) is 5.82 Å². The van der Waals surface area contributed by atoms with Crippen molar-refractivity contribution < 1.29 is 13.6 Å². The molecule has 0 aliphatic heterocycles. The van der Waals surface area contributed by atoms with Crippen LogP contribution in [0.25, 0.3) is 27.7 Å². The molecular formula is C22H14FN5O2S. The van der Waals surface area contributed by atoms with Gasteiger partial charge < -0.3 is 9.73 Å². The molecule has 0 saturated carbocycles. The maximum Gasteiger partial charge on any atom is 0.295 e. The average molecular weight is 431 g/mol. The summed E-state index contributed by atoms with van der Waals surface area (Å²) in [5, 5.41) is 9.11. The molecule has 7 nitrogen and oxygen atoms in total. The Morgan fingerprint density at radius 3 is 2.71 bits per heavy atom. The number of thiophene rings is 1. The molecule has 1 N–H and O–H groups in total. The van der Waals surface area contributed by atoms with E-state index in [1.165, 1.54) is 34.5 Å². The van der Waals surface area contributed by atoms with Gasteiger partial charge in [0.1, 0.15) is 5.82 Å². The topological polar surface area (TPSA) is 85.8 Å². The Morgan fingerprint density at radius 1 is 1.10 bits per heavy atom. The second-order valence-corrected chi connectivity index (χ2v) is 7.47. The summed E-state index contributed by atoms with van der Waals surface area (Å²) in [5.41, 5.74) is 1.94. The number of aromatic nitrogens is 4. The normalized spacial score (nSPS) is 10.9. The summed E-state index contributed by atoms with van der Waals surface area (Å²) in [6.45, 7) is 0. The van der Waals surface area contributed by atoms with E-state index < -0.39 is 5.91 Å². The van der Waals surface area contributed by atoms with Crippen molar-refractivity contribution in [1.29, 1.82) is 0 Å². The molecule has 152 valence electrons. The van der Waals surface area contributed by atoms with Gasteiger partial charge in [-0.3, -0.25) is 4.79 Å². The molecule has 0 fully saturated rings. The first-order valence-electron chi connectivity index (χ1n) is 9.24. The molecule has 3 heterocycles. The summed E-state index contributed by atoms with van der Waals surface area (Å²) in [7, 11) is 0. The SMILES string of the molecule is O=C(Nc1cccc(-c2cnco2)c1)c1nc(-c2cccs2)n(-c2ccc(F)cc2)n1. The van der Waals surface area contributed by atoms with E-state index in [9.17, 15) is 9.18 Å². The third-order valence-corrected chi connectivity index (χ3v) is 5.33. The predicted molar refractivity (Wildman–Crippen MR) is 115 cm³/mol. The van der Waals surface area contributed by atoms with Crippen molar-refractivity contribution in [2.75, 3.05) is 5.32 Å². The smallest absolute Gasteiger partial charge is 0.295 e. The van der Waals surface area contributed by atoms with E-state index in [0.717, 1.165) is 10.4 Å². The summed E-state index contributed by atoms with van der Waals surface area (Å²) < 4.78 is 20.2. The lowest BCUT2D eigenvalue weighted by atomic mass is 10.1. The molecule has 5 aromatic rings. The summed E-state index contributed by atoms with van der Waals surface area (Å²) >= 11 is 1.47. The Morgan fingerprint density at radius 2 is 1.97 bits per heavy atom. The fourth-order valence-electron chi connectivity index (χ4n) is 3.03. The van der Waals surface area contributed by atoms with Crippen LogP contribution in [0.2, 0.25) is 0 Å². The van der Waals surface area contributed by atoms with Gasteiger partial charge in [0.15, 0.2) is 18.0 Å². The number of carbonyl (C=O) groups excluding carboxylic acids is 1. The first kappa shape index (κ1) is 18.9. The van der Waals surface area contributed by atoms with Gasteiger partial charge in [0, 0.05) is 11.3 Å². The van der Waals surface area contributed by atoms with E-state index in [2.05, 4.69) is 20.4 Å². The van der Waals surface area contributed by atoms with Gasteiger partial charge in [-0.05, 0) is 47.8 Å². The summed E-state index contributed by atoms with van der Waals surface area (Å²) in [6, 6.07) is 16.8. The van der Waals surface area contributed by atoms with Crippen molar-refractivity contribution in [3.8, 4) is 27.7 Å². The highest BCUT2D eigenvalue weighted by atomic mass is 32.1. The zero-order valence-corrected chi connectivity index (χ0v) is 16.7. The van der Waals surface area contributed by atoms with Crippen LogP contribution in [0.5, 0.6) is 0 Å². The monoisotopic (exact) mass is 431 g/mol. The van der Waals surface area contributed by atoms with Gasteiger partial charge in [-0.2, -0.15) is 0 Å². The van der Waals surface area contributed by atoms with Gasteiger partial charge in [0.25, 0.3) is 5.91 Å². The van der Waals surface area contributed by atoms with E-state index in [1.54, 1.807) is 36.5 Å². The summed E-state index contributed by atoms with van der Waals surface area (Å²) in [6.07, 6.45) is 2.94. The molecule has 0 radical (unpaired) electrons. The quantitative estimate of drug-likeness (QED) is 0.421. The second kappa shape index (κ2) is 7.96. The Labute approximate surface area is 179 Å². The van der Waals surface area contributed by atoms with Crippen molar-refractivity contribution in [1.82, 2.24) is 19.7 Å². The predicted octanol–water partition coefficient (Wildman–Crippen LogP) is 5.04. The van der Waals surface area contributed by atoms with Gasteiger partial charge >= 0.3 is 0 Å². The van der Waals surface area contributed by atoms with Gasteiger partial charge in [-0.1, -0.05) is 18.2 Å². The van der Waals surface area contributed by atoms with Crippen molar-refractivity contribution in [2.45, 2.75) is 0 Å². The number of carbonyl (C=O) groups is 1. The molecule has 0 unspecified atom stereocenters. The van der Waals surface area contributed by atoms with Crippen LogP contribution in [0, 0.1) is 5.82 Å². The van der Waals surface area contributed by atoms with E-state index in [1.807, 2.05) is 23.6 Å². The van der Waals surface area contributed by atoms with Gasteiger partial charge in [0.05, 0.1) is 16.8 Å². The maximum atomic E-state index is 13.4. The fourth-order valence-corrected chi connectivity index (χ4v) is 3.73. The van der Waals surface area contributed by atoms with Crippen LogP contribution in [0.4, 0.5) is 10.1 Å². The number of anilines is 1. The van der Waals surface area contributed by atoms with E-state index in [-0.39, 0.29) is 11.6 Å². The lowest BCUT2D eigenvalue weighted by molar-refractivity contribution is 0.101. The van der Waals surface area contributed by atoms with E-state index in [0.29, 0.717) is 23.0 Å². The van der Waals surface area contributed by atoms with Gasteiger partial charge in [-0.25, -0.2) is 19.0 Å². The van der Waals surface area contributed by atoms with E-state index >= 15 is 0 Å². The molecule has 0 spiro atoms. The Kier molecular flexibility index (Phi) is 4.85. The minimum absolute atomic E-state index is 0.00204. The van der Waals surface area contributed by atoms with Crippen LogP contribution in [0.15, 0.2) is 83.1 Å². The largest absolute Gasteiger partial charge is 0.444 e. The lowest BCUT2D eigenvalue weighted by Crippen LogP contribution is -2.14. The molecular weight excluding hydrogens is 417 g/mol. The number of amides is 1. The minimum Gasteiger partial charge on any atom is -0.444 e. The van der Waals surface area contributed by atoms with Crippen LogP contribution in [-0.4, -0.2) is 25.7 Å². The number of hydrogen-bond acceptors (Lipinski definition) is 6. The molecule has 2 aromatic carbocycles. The standard InChI is InChI=1S/C22H14FN5O2S/c23-15-6-8-17(9-7-15)28-21(19-5-2-10-31-19)26-20(27-28)22(29)25-16-4-1-3-14(11-16)18-12-24-13-30-18/h1-13H,(H,25,29). The molecule has 0 aliphatic carbocycles. The number of nitrogens with one attached hydrogen (secondary N) is 1. The maximum absolute atomic E-state index is 13.4. The number of nitrogens with zero attached hydrogens (tertiary/aromatic N) is 4. The molecule has 0 aliphatic rings. The van der Waals surface area contributed by atoms with E-state index in [4.69, 9.17) is 4.42 Å². The number of rotatable bonds is 5. The highest BCUT2D eigenvalue weighted by Crippen LogP contribution is 2.26. The minimum atomic E-state index is -0.464. The fraction of sp³-hybridized carbons (Fsp3) is 0. The Balaban J connectivity index is 1.48. The zero-order valence-electron chi connectivity index (χ0n) is 15.9. The van der Waals surface area contributed by atoms with Crippen LogP contribution in [-0.2, 0) is 0 Å². The van der Waals surface area contributed by atoms with Crippen LogP contribution in [0.1, 0.15) is 10.6 Å². The molecule has 5 rings (SSSR count). The molecule has 0 atom stereocenters. The summed E-state index contributed by atoms with van der Waals surface area (Å²) in [4.78, 5) is 22.1. The third kappa shape index (κ3) is 3.86. The highest BCUT2D eigenvalue weighted by Gasteiger charge is 2.20. The molecule has 0 bridgehead atoms. The lowest BCUT2D eigenvalue weighted by Gasteiger charge is -2.04. The zero-order chi connectivity index (χ0) is 21.2. The molecule has 31 heavy (non-hydrogen) atoms. The third-order valence-electron chi connectivity index (χ3n) is 4.46. The Hall–Kier alpha value is -4.11. The van der Waals surface area contributed by atoms with Gasteiger partial charge in [-0.15, -0.1) is 16.4 Å². The molecule has 3 aromatic heterocycles. The number of halogens is 1. The van der Waals surface area contributed by atoms with Crippen LogP contribution in [0.3, 0.4) is 0 Å². The van der Waals surface area contributed by atoms with Crippen molar-refractivity contribution in [2.24, 2.45) is 0 Å². The Bertz CT molecular complexity index is 1330. The van der Waals surface area contributed by atoms with Crippen molar-refractivity contribution in [3.63, 3.8) is 0 Å². The van der Waals surface area contributed by atoms with Crippen molar-refractivity contribution in [3.05, 3.63) is 90.3 Å². The average Bonchev–Trinajstić information content (AvgIpc) is 3.56. The first-order valence-corrected chi connectivity index (χ1v) is 10.1. The second-order valence-electron chi connectivity index (χ2n) is 6.53. The summed E-state index contributed by atoms with van der Waals surface area (Å²) in [5.74, 6) is 0.272. The number of benzene rings is 2. The van der Waals surface area contributed by atoms with Crippen LogP contribution >= 0.6 is 11.3 Å². The first-order chi connectivity index (χ1) is 15.2. The number of oxazole rings is 1. The van der Waals surface area contributed by atoms with Crippen molar-refractivity contribution >= 4 is 22.9 Å². The van der Waals surface area contributed by atoms with Crippen LogP contribution < -0.4 is 5.32 Å². The highest BCUT2D eigenvalue weighted by molar-refractivity contribution is 7.13. The number of hydrogen-bond donors (Lipinski definition) is 1. The molecule has 0 saturated heterocycles.